The van der Waals surface area contributed by atoms with Crippen LogP contribution in [0.2, 0.25) is 0 Å². The SMILES string of the molecule is CCc1n[nH]c(=S)n1NCc1ccco1. The number of hydrogen-bond donors (Lipinski definition) is 2. The van der Waals surface area contributed by atoms with E-state index in [2.05, 4.69) is 15.6 Å². The summed E-state index contributed by atoms with van der Waals surface area (Å²) in [6.07, 6.45) is 2.46. The predicted octanol–water partition coefficient (Wildman–Crippen LogP) is 1.84. The number of nitrogens with one attached hydrogen (secondary N) is 2. The predicted molar refractivity (Wildman–Crippen MR) is 58.6 cm³/mol. The van der Waals surface area contributed by atoms with Crippen LogP contribution in [0, 0.1) is 4.77 Å². The van der Waals surface area contributed by atoms with Gasteiger partial charge in [0.15, 0.2) is 5.82 Å². The molecule has 0 unspecified atom stereocenters. The average Bonchev–Trinajstić information content (AvgIpc) is 2.84. The first kappa shape index (κ1) is 9.97. The quantitative estimate of drug-likeness (QED) is 0.778. The maximum atomic E-state index is 5.20. The van der Waals surface area contributed by atoms with Gasteiger partial charge in [-0.05, 0) is 24.4 Å². The molecule has 2 heterocycles. The van der Waals surface area contributed by atoms with Crippen molar-refractivity contribution in [1.82, 2.24) is 14.9 Å². The van der Waals surface area contributed by atoms with Crippen LogP contribution < -0.4 is 5.43 Å². The highest BCUT2D eigenvalue weighted by molar-refractivity contribution is 7.71. The Kier molecular flexibility index (Phi) is 2.86. The van der Waals surface area contributed by atoms with Crippen LogP contribution in [-0.2, 0) is 13.0 Å². The number of rotatable bonds is 4. The van der Waals surface area contributed by atoms with Gasteiger partial charge in [-0.15, -0.1) is 0 Å². The number of furan rings is 1. The normalized spacial score (nSPS) is 10.5. The maximum absolute atomic E-state index is 5.20. The van der Waals surface area contributed by atoms with Crippen LogP contribution in [0.25, 0.3) is 0 Å². The van der Waals surface area contributed by atoms with Crippen molar-refractivity contribution in [3.05, 3.63) is 34.8 Å². The fourth-order valence-corrected chi connectivity index (χ4v) is 1.52. The molecule has 0 aromatic carbocycles. The average molecular weight is 224 g/mol. The van der Waals surface area contributed by atoms with Crippen LogP contribution in [0.5, 0.6) is 0 Å². The van der Waals surface area contributed by atoms with E-state index in [0.717, 1.165) is 18.0 Å². The van der Waals surface area contributed by atoms with Gasteiger partial charge >= 0.3 is 0 Å². The highest BCUT2D eigenvalue weighted by Gasteiger charge is 2.03. The van der Waals surface area contributed by atoms with Gasteiger partial charge in [-0.2, -0.15) is 5.10 Å². The molecule has 6 heteroatoms. The molecule has 0 saturated carbocycles. The Labute approximate surface area is 92.1 Å². The van der Waals surface area contributed by atoms with Gasteiger partial charge in [0.2, 0.25) is 4.77 Å². The van der Waals surface area contributed by atoms with Crippen LogP contribution in [0.1, 0.15) is 18.5 Å². The van der Waals surface area contributed by atoms with Crippen molar-refractivity contribution < 1.29 is 4.42 Å². The van der Waals surface area contributed by atoms with Crippen LogP contribution in [0.15, 0.2) is 22.8 Å². The van der Waals surface area contributed by atoms with Crippen LogP contribution in [-0.4, -0.2) is 14.9 Å². The molecule has 0 aliphatic heterocycles. The summed E-state index contributed by atoms with van der Waals surface area (Å²) in [5, 5.41) is 6.83. The summed E-state index contributed by atoms with van der Waals surface area (Å²) in [5.74, 6) is 1.74. The van der Waals surface area contributed by atoms with Crippen molar-refractivity contribution in [2.75, 3.05) is 5.43 Å². The Morgan fingerprint density at radius 3 is 3.20 bits per heavy atom. The molecule has 0 aliphatic rings. The molecular formula is C9H12N4OS. The number of H-pyrrole nitrogens is 1. The molecule has 0 saturated heterocycles. The number of aromatic amines is 1. The lowest BCUT2D eigenvalue weighted by Gasteiger charge is -2.06. The van der Waals surface area contributed by atoms with Gasteiger partial charge in [0.1, 0.15) is 5.76 Å². The maximum Gasteiger partial charge on any atom is 0.214 e. The Hall–Kier alpha value is -1.56. The van der Waals surface area contributed by atoms with Crippen LogP contribution >= 0.6 is 12.2 Å². The molecule has 2 aromatic rings. The Morgan fingerprint density at radius 2 is 2.53 bits per heavy atom. The molecular weight excluding hydrogens is 212 g/mol. The van der Waals surface area contributed by atoms with E-state index in [0.29, 0.717) is 11.3 Å². The molecule has 0 bridgehead atoms. The minimum atomic E-state index is 0.568. The van der Waals surface area contributed by atoms with E-state index < -0.39 is 0 Å². The number of nitrogens with zero attached hydrogens (tertiary/aromatic N) is 2. The third-order valence-electron chi connectivity index (χ3n) is 2.05. The summed E-state index contributed by atoms with van der Waals surface area (Å²) in [7, 11) is 0. The molecule has 2 rings (SSSR count). The molecule has 0 amide bonds. The first-order valence-electron chi connectivity index (χ1n) is 4.74. The molecule has 0 aliphatic carbocycles. The van der Waals surface area contributed by atoms with Crippen molar-refractivity contribution in [2.24, 2.45) is 0 Å². The van der Waals surface area contributed by atoms with E-state index in [1.807, 2.05) is 19.1 Å². The van der Waals surface area contributed by atoms with Gasteiger partial charge in [0.25, 0.3) is 0 Å². The molecule has 0 fully saturated rings. The molecule has 5 nitrogen and oxygen atoms in total. The Morgan fingerprint density at radius 1 is 1.67 bits per heavy atom. The Bertz CT molecular complexity index is 471. The third-order valence-corrected chi connectivity index (χ3v) is 2.32. The van der Waals surface area contributed by atoms with E-state index in [9.17, 15) is 0 Å². The van der Waals surface area contributed by atoms with Gasteiger partial charge < -0.3 is 9.84 Å². The smallest absolute Gasteiger partial charge is 0.214 e. The summed E-state index contributed by atoms with van der Waals surface area (Å²) in [6, 6.07) is 3.76. The van der Waals surface area contributed by atoms with E-state index in [-0.39, 0.29) is 0 Å². The highest BCUT2D eigenvalue weighted by atomic mass is 32.1. The number of aryl methyl sites for hydroxylation is 1. The monoisotopic (exact) mass is 224 g/mol. The highest BCUT2D eigenvalue weighted by Crippen LogP contribution is 2.01. The first-order valence-corrected chi connectivity index (χ1v) is 5.14. The van der Waals surface area contributed by atoms with Crippen LogP contribution in [0.3, 0.4) is 0 Å². The molecule has 0 atom stereocenters. The third kappa shape index (κ3) is 2.10. The topological polar surface area (TPSA) is 58.8 Å². The molecule has 0 spiro atoms. The minimum Gasteiger partial charge on any atom is -0.467 e. The second-order valence-corrected chi connectivity index (χ2v) is 3.43. The van der Waals surface area contributed by atoms with Crippen molar-refractivity contribution in [3.63, 3.8) is 0 Å². The first-order chi connectivity index (χ1) is 7.31. The molecule has 0 radical (unpaired) electrons. The zero-order chi connectivity index (χ0) is 10.7. The van der Waals surface area contributed by atoms with Gasteiger partial charge in [-0.3, -0.25) is 5.10 Å². The molecule has 15 heavy (non-hydrogen) atoms. The van der Waals surface area contributed by atoms with Gasteiger partial charge in [0.05, 0.1) is 12.8 Å². The summed E-state index contributed by atoms with van der Waals surface area (Å²) in [6.45, 7) is 2.61. The van der Waals surface area contributed by atoms with E-state index in [1.54, 1.807) is 10.9 Å². The van der Waals surface area contributed by atoms with Gasteiger partial charge in [-0.1, -0.05) is 6.92 Å². The van der Waals surface area contributed by atoms with E-state index in [4.69, 9.17) is 16.6 Å². The van der Waals surface area contributed by atoms with Gasteiger partial charge in [-0.25, -0.2) is 4.68 Å². The van der Waals surface area contributed by atoms with Crippen LogP contribution in [0.4, 0.5) is 0 Å². The second kappa shape index (κ2) is 4.31. The molecule has 2 aromatic heterocycles. The standard InChI is InChI=1S/C9H12N4OS/c1-2-8-11-12-9(15)13(8)10-6-7-4-3-5-14-7/h3-5,10H,2,6H2,1H3,(H,12,15). The lowest BCUT2D eigenvalue weighted by molar-refractivity contribution is 0.508. The zero-order valence-corrected chi connectivity index (χ0v) is 9.17. The summed E-state index contributed by atoms with van der Waals surface area (Å²) >= 11 is 5.09. The fraction of sp³-hybridized carbons (Fsp3) is 0.333. The Balaban J connectivity index is 2.10. The number of hydrogen-bond acceptors (Lipinski definition) is 4. The van der Waals surface area contributed by atoms with Crippen molar-refractivity contribution >= 4 is 12.2 Å². The van der Waals surface area contributed by atoms with Crippen molar-refractivity contribution in [2.45, 2.75) is 19.9 Å². The zero-order valence-electron chi connectivity index (χ0n) is 8.36. The van der Waals surface area contributed by atoms with Gasteiger partial charge in [0, 0.05) is 6.42 Å². The molecule has 2 N–H and O–H groups in total. The van der Waals surface area contributed by atoms with E-state index in [1.165, 1.54) is 0 Å². The fourth-order valence-electron chi connectivity index (χ4n) is 1.30. The summed E-state index contributed by atoms with van der Waals surface area (Å²) in [5.41, 5.74) is 3.14. The minimum absolute atomic E-state index is 0.568. The summed E-state index contributed by atoms with van der Waals surface area (Å²) < 4.78 is 7.53. The second-order valence-electron chi connectivity index (χ2n) is 3.05. The lowest BCUT2D eigenvalue weighted by Crippen LogP contribution is -2.16. The lowest BCUT2D eigenvalue weighted by atomic mass is 10.4. The van der Waals surface area contributed by atoms with E-state index >= 15 is 0 Å². The number of aromatic nitrogens is 3. The molecule has 80 valence electrons. The summed E-state index contributed by atoms with van der Waals surface area (Å²) in [4.78, 5) is 0. The van der Waals surface area contributed by atoms with Crippen molar-refractivity contribution in [1.29, 1.82) is 0 Å². The van der Waals surface area contributed by atoms with Crippen molar-refractivity contribution in [3.8, 4) is 0 Å². The largest absolute Gasteiger partial charge is 0.467 e.